The zero-order valence-electron chi connectivity index (χ0n) is 14.3. The summed E-state index contributed by atoms with van der Waals surface area (Å²) in [5.74, 6) is -0.341. The van der Waals surface area contributed by atoms with Gasteiger partial charge in [-0.2, -0.15) is 0 Å². The Hall–Kier alpha value is -2.46. The van der Waals surface area contributed by atoms with Crippen LogP contribution in [0, 0.1) is 0 Å². The van der Waals surface area contributed by atoms with E-state index in [1.165, 1.54) is 0 Å². The van der Waals surface area contributed by atoms with E-state index in [9.17, 15) is 9.59 Å². The zero-order chi connectivity index (χ0) is 17.4. The molecule has 0 unspecified atom stereocenters. The van der Waals surface area contributed by atoms with Crippen LogP contribution in [0.2, 0.25) is 0 Å². The number of amides is 1. The average Bonchev–Trinajstić information content (AvgIpc) is 2.65. The molecule has 0 aliphatic heterocycles. The maximum absolute atomic E-state index is 12.7. The van der Waals surface area contributed by atoms with Gasteiger partial charge in [-0.05, 0) is 19.2 Å². The van der Waals surface area contributed by atoms with E-state index < -0.39 is 0 Å². The number of hydrogen-bond acceptors (Lipinski definition) is 3. The van der Waals surface area contributed by atoms with Crippen LogP contribution < -0.4 is 5.32 Å². The van der Waals surface area contributed by atoms with E-state index in [1.54, 1.807) is 36.4 Å². The van der Waals surface area contributed by atoms with Crippen LogP contribution in [-0.2, 0) is 0 Å². The van der Waals surface area contributed by atoms with Crippen LogP contribution in [0.3, 0.4) is 0 Å². The maximum atomic E-state index is 12.7. The summed E-state index contributed by atoms with van der Waals surface area (Å²) in [6.07, 6.45) is 0. The van der Waals surface area contributed by atoms with Gasteiger partial charge >= 0.3 is 0 Å². The molecule has 0 aromatic heterocycles. The summed E-state index contributed by atoms with van der Waals surface area (Å²) in [4.78, 5) is 27.4. The van der Waals surface area contributed by atoms with Crippen molar-refractivity contribution in [3.63, 3.8) is 0 Å². The molecule has 0 bridgehead atoms. The van der Waals surface area contributed by atoms with Gasteiger partial charge in [-0.15, -0.1) is 0 Å². The number of nitrogens with zero attached hydrogens (tertiary/aromatic N) is 1. The maximum Gasteiger partial charge on any atom is 0.252 e. The van der Waals surface area contributed by atoms with Gasteiger partial charge in [0.15, 0.2) is 5.78 Å². The Morgan fingerprint density at radius 3 is 2.08 bits per heavy atom. The number of carbonyl (C=O) groups is 2. The summed E-state index contributed by atoms with van der Waals surface area (Å²) in [6, 6.07) is 16.0. The summed E-state index contributed by atoms with van der Waals surface area (Å²) in [7, 11) is 0. The number of nitrogens with one attached hydrogen (secondary N) is 1. The quantitative estimate of drug-likeness (QED) is 0.760. The molecule has 0 radical (unpaired) electrons. The lowest BCUT2D eigenvalue weighted by Crippen LogP contribution is -2.35. The number of carbonyl (C=O) groups excluding carboxylic acids is 2. The molecule has 0 fully saturated rings. The van der Waals surface area contributed by atoms with Gasteiger partial charge in [0, 0.05) is 24.2 Å². The van der Waals surface area contributed by atoms with Crippen molar-refractivity contribution in [2.45, 2.75) is 13.8 Å². The Morgan fingerprint density at radius 1 is 0.875 bits per heavy atom. The summed E-state index contributed by atoms with van der Waals surface area (Å²) in [5.41, 5.74) is 1.44. The Balaban J connectivity index is 2.11. The molecular formula is C20H24N2O2. The fourth-order valence-electron chi connectivity index (χ4n) is 2.59. The largest absolute Gasteiger partial charge is 0.351 e. The molecule has 4 heteroatoms. The first kappa shape index (κ1) is 17.9. The highest BCUT2D eigenvalue weighted by Crippen LogP contribution is 2.14. The minimum atomic E-state index is -0.206. The standard InChI is InChI=1S/C20H24N2O2/c1-3-22(4-2)15-14-21-20(24)18-13-9-8-12-17(18)19(23)16-10-6-5-7-11-16/h5-13H,3-4,14-15H2,1-2H3,(H,21,24). The number of likely N-dealkylation sites (N-methyl/N-ethyl adjacent to an activating group) is 1. The molecule has 1 amide bonds. The third-order valence-electron chi connectivity index (χ3n) is 4.06. The molecule has 0 aliphatic rings. The van der Waals surface area contributed by atoms with E-state index in [0.717, 1.165) is 19.6 Å². The molecule has 0 spiro atoms. The highest BCUT2D eigenvalue weighted by molar-refractivity contribution is 6.15. The molecule has 1 N–H and O–H groups in total. The van der Waals surface area contributed by atoms with E-state index in [1.807, 2.05) is 18.2 Å². The van der Waals surface area contributed by atoms with Gasteiger partial charge in [0.1, 0.15) is 0 Å². The minimum Gasteiger partial charge on any atom is -0.351 e. The Morgan fingerprint density at radius 2 is 1.46 bits per heavy atom. The molecule has 4 nitrogen and oxygen atoms in total. The van der Waals surface area contributed by atoms with Gasteiger partial charge in [0.2, 0.25) is 0 Å². The van der Waals surface area contributed by atoms with Gasteiger partial charge in [-0.1, -0.05) is 62.4 Å². The minimum absolute atomic E-state index is 0.134. The van der Waals surface area contributed by atoms with E-state index in [2.05, 4.69) is 24.1 Å². The first-order chi connectivity index (χ1) is 11.7. The smallest absolute Gasteiger partial charge is 0.252 e. The van der Waals surface area contributed by atoms with Crippen LogP contribution in [0.1, 0.15) is 40.1 Å². The lowest BCUT2D eigenvalue weighted by atomic mass is 9.98. The first-order valence-electron chi connectivity index (χ1n) is 8.36. The summed E-state index contributed by atoms with van der Waals surface area (Å²) >= 11 is 0. The highest BCUT2D eigenvalue weighted by Gasteiger charge is 2.17. The first-order valence-corrected chi connectivity index (χ1v) is 8.36. The van der Waals surface area contributed by atoms with Crippen LogP contribution in [0.5, 0.6) is 0 Å². The fraction of sp³-hybridized carbons (Fsp3) is 0.300. The van der Waals surface area contributed by atoms with Gasteiger partial charge < -0.3 is 10.2 Å². The SMILES string of the molecule is CCN(CC)CCNC(=O)c1ccccc1C(=O)c1ccccc1. The van der Waals surface area contributed by atoms with Crippen molar-refractivity contribution in [1.29, 1.82) is 0 Å². The zero-order valence-corrected chi connectivity index (χ0v) is 14.3. The van der Waals surface area contributed by atoms with Crippen molar-refractivity contribution in [3.8, 4) is 0 Å². The number of hydrogen-bond donors (Lipinski definition) is 1. The Kier molecular flexibility index (Phi) is 6.70. The number of benzene rings is 2. The molecule has 2 aromatic rings. The normalized spacial score (nSPS) is 10.6. The van der Waals surface area contributed by atoms with E-state index in [4.69, 9.17) is 0 Å². The van der Waals surface area contributed by atoms with E-state index in [-0.39, 0.29) is 11.7 Å². The van der Waals surface area contributed by atoms with Gasteiger partial charge in [0.05, 0.1) is 5.56 Å². The molecule has 0 atom stereocenters. The van der Waals surface area contributed by atoms with Crippen molar-refractivity contribution in [2.75, 3.05) is 26.2 Å². The average molecular weight is 324 g/mol. The number of rotatable bonds is 8. The number of ketones is 1. The van der Waals surface area contributed by atoms with E-state index >= 15 is 0 Å². The highest BCUT2D eigenvalue weighted by atomic mass is 16.2. The van der Waals surface area contributed by atoms with Gasteiger partial charge in [-0.25, -0.2) is 0 Å². The summed E-state index contributed by atoms with van der Waals surface area (Å²) in [6.45, 7) is 7.46. The second kappa shape index (κ2) is 8.99. The second-order valence-corrected chi connectivity index (χ2v) is 5.52. The van der Waals surface area contributed by atoms with Crippen LogP contribution in [-0.4, -0.2) is 42.8 Å². The third-order valence-corrected chi connectivity index (χ3v) is 4.06. The molecule has 0 heterocycles. The predicted octanol–water partition coefficient (Wildman–Crippen LogP) is 2.99. The third kappa shape index (κ3) is 4.52. The second-order valence-electron chi connectivity index (χ2n) is 5.52. The fourth-order valence-corrected chi connectivity index (χ4v) is 2.59. The Bertz CT molecular complexity index is 679. The summed E-state index contributed by atoms with van der Waals surface area (Å²) < 4.78 is 0. The van der Waals surface area contributed by atoms with Crippen LogP contribution in [0.4, 0.5) is 0 Å². The monoisotopic (exact) mass is 324 g/mol. The molecular weight excluding hydrogens is 300 g/mol. The van der Waals surface area contributed by atoms with Crippen molar-refractivity contribution >= 4 is 11.7 Å². The summed E-state index contributed by atoms with van der Waals surface area (Å²) in [5, 5.41) is 2.91. The van der Waals surface area contributed by atoms with Crippen molar-refractivity contribution in [1.82, 2.24) is 10.2 Å². The van der Waals surface area contributed by atoms with Crippen molar-refractivity contribution in [2.24, 2.45) is 0 Å². The van der Waals surface area contributed by atoms with Crippen molar-refractivity contribution in [3.05, 3.63) is 71.3 Å². The molecule has 2 aromatic carbocycles. The molecule has 0 aliphatic carbocycles. The lowest BCUT2D eigenvalue weighted by molar-refractivity contribution is 0.0938. The van der Waals surface area contributed by atoms with E-state index in [0.29, 0.717) is 23.2 Å². The molecule has 2 rings (SSSR count). The molecule has 126 valence electrons. The topological polar surface area (TPSA) is 49.4 Å². The Labute approximate surface area is 143 Å². The lowest BCUT2D eigenvalue weighted by Gasteiger charge is -2.18. The van der Waals surface area contributed by atoms with Gasteiger partial charge in [0.25, 0.3) is 5.91 Å². The van der Waals surface area contributed by atoms with Crippen LogP contribution in [0.25, 0.3) is 0 Å². The van der Waals surface area contributed by atoms with Gasteiger partial charge in [-0.3, -0.25) is 9.59 Å². The molecule has 0 saturated heterocycles. The van der Waals surface area contributed by atoms with Crippen molar-refractivity contribution < 1.29 is 9.59 Å². The molecule has 24 heavy (non-hydrogen) atoms. The van der Waals surface area contributed by atoms with Crippen LogP contribution >= 0.6 is 0 Å². The van der Waals surface area contributed by atoms with Crippen LogP contribution in [0.15, 0.2) is 54.6 Å². The predicted molar refractivity (Wildman–Crippen MR) is 96.4 cm³/mol. The molecule has 0 saturated carbocycles.